The second kappa shape index (κ2) is 9.16. The molecule has 0 saturated carbocycles. The van der Waals surface area contributed by atoms with Crippen LogP contribution in [0.3, 0.4) is 0 Å². The molecular weight excluding hydrogens is 382 g/mol. The van der Waals surface area contributed by atoms with Gasteiger partial charge in [0.2, 0.25) is 5.91 Å². The number of carbonyl (C=O) groups is 2. The largest absolute Gasteiger partial charge is 0.466 e. The lowest BCUT2D eigenvalue weighted by atomic mass is 9.83. The van der Waals surface area contributed by atoms with Crippen LogP contribution in [0.25, 0.3) is 0 Å². The molecule has 1 aromatic rings. The molecule has 1 aromatic heterocycles. The number of fused-ring (bicyclic) bond motifs is 4. The molecule has 7 nitrogen and oxygen atoms in total. The van der Waals surface area contributed by atoms with Crippen LogP contribution in [0.2, 0.25) is 0 Å². The first kappa shape index (κ1) is 20.8. The summed E-state index contributed by atoms with van der Waals surface area (Å²) in [6.07, 6.45) is 6.11. The number of nitrogens with zero attached hydrogens (tertiary/aromatic N) is 3. The molecule has 0 radical (unpaired) electrons. The van der Waals surface area contributed by atoms with Crippen molar-refractivity contribution in [1.29, 1.82) is 0 Å². The number of aromatic nitrogens is 1. The van der Waals surface area contributed by atoms with Gasteiger partial charge in [0.25, 0.3) is 5.56 Å². The summed E-state index contributed by atoms with van der Waals surface area (Å²) in [6, 6.07) is 5.58. The number of amides is 1. The number of hydrogen-bond acceptors (Lipinski definition) is 5. The van der Waals surface area contributed by atoms with E-state index in [1.54, 1.807) is 12.1 Å². The average molecular weight is 414 g/mol. The minimum atomic E-state index is -0.139. The first-order chi connectivity index (χ1) is 14.5. The number of carbonyl (C=O) groups excluding carboxylic acids is 2. The van der Waals surface area contributed by atoms with E-state index in [0.29, 0.717) is 44.4 Å². The quantitative estimate of drug-likeness (QED) is 0.542. The molecule has 0 aromatic carbocycles. The molecule has 7 heteroatoms. The fraction of sp³-hybridized carbons (Fsp3) is 0.609. The number of rotatable bonds is 5. The molecule has 3 aliphatic heterocycles. The average Bonchev–Trinajstić information content (AvgIpc) is 2.75. The Hall–Kier alpha value is -2.41. The molecule has 2 fully saturated rings. The van der Waals surface area contributed by atoms with Gasteiger partial charge in [-0.1, -0.05) is 12.1 Å². The van der Waals surface area contributed by atoms with Crippen molar-refractivity contribution in [2.24, 2.45) is 11.8 Å². The van der Waals surface area contributed by atoms with Crippen LogP contribution >= 0.6 is 0 Å². The Morgan fingerprint density at radius 3 is 2.73 bits per heavy atom. The highest BCUT2D eigenvalue weighted by molar-refractivity contribution is 5.87. The number of ether oxygens (including phenoxy) is 1. The smallest absolute Gasteiger partial charge is 0.309 e. The maximum atomic E-state index is 12.5. The van der Waals surface area contributed by atoms with Gasteiger partial charge in [0, 0.05) is 63.0 Å². The van der Waals surface area contributed by atoms with Crippen LogP contribution < -0.4 is 5.56 Å². The lowest BCUT2D eigenvalue weighted by molar-refractivity contribution is -0.150. The van der Waals surface area contributed by atoms with Crippen molar-refractivity contribution in [3.63, 3.8) is 0 Å². The van der Waals surface area contributed by atoms with Gasteiger partial charge < -0.3 is 14.2 Å². The normalized spacial score (nSPS) is 24.6. The van der Waals surface area contributed by atoms with Gasteiger partial charge in [-0.05, 0) is 38.2 Å². The molecule has 0 aliphatic carbocycles. The molecule has 4 rings (SSSR count). The van der Waals surface area contributed by atoms with E-state index >= 15 is 0 Å². The molecule has 4 heterocycles. The van der Waals surface area contributed by atoms with Gasteiger partial charge >= 0.3 is 5.97 Å². The topological polar surface area (TPSA) is 71.8 Å². The zero-order chi connectivity index (χ0) is 21.1. The molecule has 1 amide bonds. The zero-order valence-electron chi connectivity index (χ0n) is 17.7. The van der Waals surface area contributed by atoms with Crippen LogP contribution in [-0.4, -0.2) is 65.6 Å². The summed E-state index contributed by atoms with van der Waals surface area (Å²) in [7, 11) is 0. The monoisotopic (exact) mass is 413 g/mol. The highest BCUT2D eigenvalue weighted by Crippen LogP contribution is 2.34. The first-order valence-corrected chi connectivity index (χ1v) is 11.1. The van der Waals surface area contributed by atoms with Crippen LogP contribution in [0.5, 0.6) is 0 Å². The van der Waals surface area contributed by atoms with E-state index in [1.807, 2.05) is 28.5 Å². The third kappa shape index (κ3) is 4.51. The van der Waals surface area contributed by atoms with E-state index in [1.165, 1.54) is 0 Å². The molecule has 162 valence electrons. The maximum absolute atomic E-state index is 12.5. The maximum Gasteiger partial charge on any atom is 0.309 e. The molecule has 0 N–H and O–H groups in total. The predicted octanol–water partition coefficient (Wildman–Crippen LogP) is 1.63. The van der Waals surface area contributed by atoms with Crippen LogP contribution in [0.1, 0.15) is 37.8 Å². The molecule has 3 aliphatic rings. The van der Waals surface area contributed by atoms with Gasteiger partial charge in [-0.2, -0.15) is 0 Å². The number of likely N-dealkylation sites (tertiary alicyclic amines) is 2. The number of hydrogen-bond donors (Lipinski definition) is 0. The lowest BCUT2D eigenvalue weighted by Crippen LogP contribution is -2.47. The summed E-state index contributed by atoms with van der Waals surface area (Å²) in [5, 5.41) is 0. The molecule has 2 saturated heterocycles. The van der Waals surface area contributed by atoms with Crippen molar-refractivity contribution in [3.8, 4) is 0 Å². The Morgan fingerprint density at radius 1 is 1.17 bits per heavy atom. The number of esters is 1. The molecule has 0 spiro atoms. The minimum absolute atomic E-state index is 0.0198. The highest BCUT2D eigenvalue weighted by atomic mass is 16.5. The van der Waals surface area contributed by atoms with Crippen LogP contribution in [0, 0.1) is 11.8 Å². The van der Waals surface area contributed by atoms with E-state index in [-0.39, 0.29) is 23.4 Å². The van der Waals surface area contributed by atoms with Gasteiger partial charge in [-0.3, -0.25) is 19.3 Å². The fourth-order valence-corrected chi connectivity index (χ4v) is 5.15. The SMILES string of the molecule is CCOC(=O)C1CCN(C(=O)C=CCN2CC3CC(C2)c2cccc(=O)n2C3)CC1. The second-order valence-corrected chi connectivity index (χ2v) is 8.67. The summed E-state index contributed by atoms with van der Waals surface area (Å²) in [5.74, 6) is 0.673. The van der Waals surface area contributed by atoms with Gasteiger partial charge in [-0.25, -0.2) is 0 Å². The standard InChI is InChI=1S/C23H31N3O4/c1-2-30-23(29)18-8-11-25(12-9-18)21(27)7-4-10-24-14-17-13-19(16-24)20-5-3-6-22(28)26(20)15-17/h3-7,17-19H,2,8-16H2,1H3. The summed E-state index contributed by atoms with van der Waals surface area (Å²) in [5.41, 5.74) is 1.25. The minimum Gasteiger partial charge on any atom is -0.466 e. The van der Waals surface area contributed by atoms with E-state index < -0.39 is 0 Å². The van der Waals surface area contributed by atoms with Crippen LogP contribution in [-0.2, 0) is 20.9 Å². The second-order valence-electron chi connectivity index (χ2n) is 8.67. The molecule has 2 unspecified atom stereocenters. The third-order valence-corrected chi connectivity index (χ3v) is 6.61. The van der Waals surface area contributed by atoms with Crippen molar-refractivity contribution in [3.05, 3.63) is 46.4 Å². The molecule has 30 heavy (non-hydrogen) atoms. The Labute approximate surface area is 177 Å². The Balaban J connectivity index is 1.27. The van der Waals surface area contributed by atoms with Gasteiger partial charge in [0.05, 0.1) is 12.5 Å². The summed E-state index contributed by atoms with van der Waals surface area (Å²) in [6.45, 7) is 6.84. The predicted molar refractivity (Wildman–Crippen MR) is 113 cm³/mol. The van der Waals surface area contributed by atoms with E-state index in [2.05, 4.69) is 11.0 Å². The van der Waals surface area contributed by atoms with Crippen molar-refractivity contribution < 1.29 is 14.3 Å². The van der Waals surface area contributed by atoms with Crippen LogP contribution in [0.4, 0.5) is 0 Å². The lowest BCUT2D eigenvalue weighted by Gasteiger charge is -2.42. The summed E-state index contributed by atoms with van der Waals surface area (Å²) >= 11 is 0. The third-order valence-electron chi connectivity index (χ3n) is 6.61. The summed E-state index contributed by atoms with van der Waals surface area (Å²) in [4.78, 5) is 40.7. The van der Waals surface area contributed by atoms with Crippen molar-refractivity contribution in [2.45, 2.75) is 38.6 Å². The van der Waals surface area contributed by atoms with Gasteiger partial charge in [-0.15, -0.1) is 0 Å². The van der Waals surface area contributed by atoms with E-state index in [4.69, 9.17) is 4.74 Å². The molecular formula is C23H31N3O4. The van der Waals surface area contributed by atoms with Gasteiger partial charge in [0.1, 0.15) is 0 Å². The van der Waals surface area contributed by atoms with Gasteiger partial charge in [0.15, 0.2) is 0 Å². The number of pyridine rings is 1. The fourth-order valence-electron chi connectivity index (χ4n) is 5.15. The molecule has 2 atom stereocenters. The van der Waals surface area contributed by atoms with Crippen molar-refractivity contribution in [2.75, 3.05) is 39.3 Å². The first-order valence-electron chi connectivity index (χ1n) is 11.1. The number of piperidine rings is 2. The van der Waals surface area contributed by atoms with Crippen molar-refractivity contribution >= 4 is 11.9 Å². The Bertz CT molecular complexity index is 869. The summed E-state index contributed by atoms with van der Waals surface area (Å²) < 4.78 is 7.03. The highest BCUT2D eigenvalue weighted by Gasteiger charge is 2.34. The zero-order valence-corrected chi connectivity index (χ0v) is 17.7. The Morgan fingerprint density at radius 2 is 1.97 bits per heavy atom. The Kier molecular flexibility index (Phi) is 6.37. The molecule has 2 bridgehead atoms. The van der Waals surface area contributed by atoms with Crippen LogP contribution in [0.15, 0.2) is 35.1 Å². The van der Waals surface area contributed by atoms with E-state index in [0.717, 1.165) is 38.3 Å². The van der Waals surface area contributed by atoms with Crippen molar-refractivity contribution in [1.82, 2.24) is 14.4 Å². The van der Waals surface area contributed by atoms with E-state index in [9.17, 15) is 14.4 Å².